The second-order valence-electron chi connectivity index (χ2n) is 7.50. The summed E-state index contributed by atoms with van der Waals surface area (Å²) in [6, 6.07) is 28.6. The van der Waals surface area contributed by atoms with Gasteiger partial charge in [-0.1, -0.05) is 72.3 Å². The number of ether oxygens (including phenoxy) is 2. The standard InChI is InChI=1S/C26H16ClNO3/c27-20-15-14-19-23(24(20)28-16-8-2-1-3-9-16)25(29)31-26(19)17-10-4-6-12-21(17)30-22-13-7-5-11-18(22)26/h1-15,28H. The molecule has 5 heteroatoms. The Morgan fingerprint density at radius 3 is 2.00 bits per heavy atom. The summed E-state index contributed by atoms with van der Waals surface area (Å²) in [5.74, 6) is 0.895. The summed E-state index contributed by atoms with van der Waals surface area (Å²) in [6.45, 7) is 0. The Labute approximate surface area is 184 Å². The maximum Gasteiger partial charge on any atom is 0.342 e. The van der Waals surface area contributed by atoms with Gasteiger partial charge in [-0.15, -0.1) is 0 Å². The number of hydrogen-bond acceptors (Lipinski definition) is 4. The molecule has 2 heterocycles. The minimum atomic E-state index is -1.10. The molecule has 2 aliphatic rings. The largest absolute Gasteiger partial charge is 0.456 e. The number of halogens is 1. The zero-order chi connectivity index (χ0) is 21.0. The van der Waals surface area contributed by atoms with E-state index >= 15 is 0 Å². The molecule has 1 N–H and O–H groups in total. The first-order valence-corrected chi connectivity index (χ1v) is 10.3. The quantitative estimate of drug-likeness (QED) is 0.365. The van der Waals surface area contributed by atoms with Gasteiger partial charge in [0.25, 0.3) is 0 Å². The van der Waals surface area contributed by atoms with Crippen LogP contribution in [0.2, 0.25) is 5.02 Å². The molecule has 31 heavy (non-hydrogen) atoms. The Bertz CT molecular complexity index is 1300. The topological polar surface area (TPSA) is 47.6 Å². The van der Waals surface area contributed by atoms with E-state index in [-0.39, 0.29) is 0 Å². The number of carbonyl (C=O) groups is 1. The molecule has 0 atom stereocenters. The van der Waals surface area contributed by atoms with E-state index < -0.39 is 11.6 Å². The molecular weight excluding hydrogens is 410 g/mol. The van der Waals surface area contributed by atoms with Gasteiger partial charge in [0.2, 0.25) is 0 Å². The molecule has 0 saturated carbocycles. The van der Waals surface area contributed by atoms with Gasteiger partial charge in [0.1, 0.15) is 11.5 Å². The second kappa shape index (κ2) is 6.62. The third kappa shape index (κ3) is 2.52. The lowest BCUT2D eigenvalue weighted by atomic mass is 9.77. The molecule has 0 bridgehead atoms. The highest BCUT2D eigenvalue weighted by Gasteiger charge is 2.54. The summed E-state index contributed by atoms with van der Waals surface area (Å²) >= 11 is 6.56. The van der Waals surface area contributed by atoms with Crippen molar-refractivity contribution in [2.24, 2.45) is 0 Å². The van der Waals surface area contributed by atoms with Gasteiger partial charge in [-0.3, -0.25) is 0 Å². The molecule has 0 amide bonds. The molecule has 0 fully saturated rings. The molecule has 0 saturated heterocycles. The summed E-state index contributed by atoms with van der Waals surface area (Å²) in [4.78, 5) is 13.4. The molecule has 0 aliphatic carbocycles. The van der Waals surface area contributed by atoms with E-state index in [2.05, 4.69) is 5.32 Å². The maximum atomic E-state index is 13.4. The lowest BCUT2D eigenvalue weighted by Gasteiger charge is -2.36. The molecule has 2 aliphatic heterocycles. The SMILES string of the molecule is O=C1OC2(c3ccccc3Oc3ccccc32)c2ccc(Cl)c(Nc3ccccc3)c21. The third-order valence-electron chi connectivity index (χ3n) is 5.78. The molecule has 0 aromatic heterocycles. The van der Waals surface area contributed by atoms with E-state index in [1.165, 1.54) is 0 Å². The van der Waals surface area contributed by atoms with Crippen LogP contribution in [0.4, 0.5) is 11.4 Å². The molecule has 0 unspecified atom stereocenters. The van der Waals surface area contributed by atoms with E-state index in [1.807, 2.05) is 84.9 Å². The summed E-state index contributed by atoms with van der Waals surface area (Å²) < 4.78 is 12.4. The van der Waals surface area contributed by atoms with Gasteiger partial charge in [-0.25, -0.2) is 4.79 Å². The number of fused-ring (bicyclic) bond motifs is 6. The van der Waals surface area contributed by atoms with Crippen LogP contribution in [0.3, 0.4) is 0 Å². The number of benzene rings is 4. The summed E-state index contributed by atoms with van der Waals surface area (Å²) in [6.07, 6.45) is 0. The van der Waals surface area contributed by atoms with E-state index in [1.54, 1.807) is 6.07 Å². The number of rotatable bonds is 2. The fourth-order valence-electron chi connectivity index (χ4n) is 4.47. The average Bonchev–Trinajstić information content (AvgIpc) is 3.10. The Kier molecular flexibility index (Phi) is 3.86. The number of nitrogens with one attached hydrogen (secondary N) is 1. The first-order chi connectivity index (χ1) is 15.2. The van der Waals surface area contributed by atoms with Crippen molar-refractivity contribution < 1.29 is 14.3 Å². The smallest absolute Gasteiger partial charge is 0.342 e. The van der Waals surface area contributed by atoms with Crippen molar-refractivity contribution in [3.63, 3.8) is 0 Å². The van der Waals surface area contributed by atoms with Crippen molar-refractivity contribution in [1.29, 1.82) is 0 Å². The first kappa shape index (κ1) is 18.0. The number of esters is 1. The highest BCUT2D eigenvalue weighted by atomic mass is 35.5. The van der Waals surface area contributed by atoms with E-state index in [0.29, 0.717) is 27.8 Å². The average molecular weight is 426 g/mol. The van der Waals surface area contributed by atoms with Gasteiger partial charge < -0.3 is 14.8 Å². The molecule has 4 aromatic carbocycles. The highest BCUT2D eigenvalue weighted by molar-refractivity contribution is 6.34. The minimum Gasteiger partial charge on any atom is -0.456 e. The summed E-state index contributed by atoms with van der Waals surface area (Å²) in [5.41, 5.74) is 3.01. The van der Waals surface area contributed by atoms with Gasteiger partial charge >= 0.3 is 5.97 Å². The second-order valence-corrected chi connectivity index (χ2v) is 7.91. The molecule has 0 radical (unpaired) electrons. The van der Waals surface area contributed by atoms with Crippen LogP contribution in [-0.4, -0.2) is 5.97 Å². The van der Waals surface area contributed by atoms with Crippen molar-refractivity contribution >= 4 is 28.9 Å². The Morgan fingerprint density at radius 2 is 1.32 bits per heavy atom. The predicted octanol–water partition coefficient (Wildman–Crippen LogP) is 6.65. The predicted molar refractivity (Wildman–Crippen MR) is 119 cm³/mol. The molecule has 150 valence electrons. The number of carbonyl (C=O) groups excluding carboxylic acids is 1. The van der Waals surface area contributed by atoms with Crippen LogP contribution < -0.4 is 10.1 Å². The number of anilines is 2. The Hall–Kier alpha value is -3.76. The van der Waals surface area contributed by atoms with Crippen LogP contribution >= 0.6 is 11.6 Å². The van der Waals surface area contributed by atoms with Crippen molar-refractivity contribution in [3.05, 3.63) is 118 Å². The summed E-state index contributed by atoms with van der Waals surface area (Å²) in [5, 5.41) is 3.76. The fraction of sp³-hybridized carbons (Fsp3) is 0.0385. The zero-order valence-corrected chi connectivity index (χ0v) is 17.0. The number of hydrogen-bond donors (Lipinski definition) is 1. The monoisotopic (exact) mass is 425 g/mol. The molecule has 6 rings (SSSR count). The van der Waals surface area contributed by atoms with Crippen LogP contribution in [0.5, 0.6) is 11.5 Å². The normalized spacial score (nSPS) is 14.8. The highest BCUT2D eigenvalue weighted by Crippen LogP contribution is 2.57. The van der Waals surface area contributed by atoms with E-state index in [0.717, 1.165) is 22.4 Å². The molecule has 1 spiro atoms. The van der Waals surface area contributed by atoms with Crippen LogP contribution in [0.25, 0.3) is 0 Å². The Balaban J connectivity index is 1.64. The number of para-hydroxylation sites is 3. The van der Waals surface area contributed by atoms with Gasteiger partial charge in [-0.05, 0) is 30.3 Å². The van der Waals surface area contributed by atoms with Crippen molar-refractivity contribution in [2.45, 2.75) is 5.60 Å². The van der Waals surface area contributed by atoms with Gasteiger partial charge in [0, 0.05) is 22.4 Å². The lowest BCUT2D eigenvalue weighted by Crippen LogP contribution is -2.32. The van der Waals surface area contributed by atoms with Gasteiger partial charge in [0.15, 0.2) is 5.60 Å². The van der Waals surface area contributed by atoms with Crippen LogP contribution in [-0.2, 0) is 10.3 Å². The fourth-order valence-corrected chi connectivity index (χ4v) is 4.68. The molecule has 4 nitrogen and oxygen atoms in total. The van der Waals surface area contributed by atoms with Gasteiger partial charge in [0.05, 0.1) is 16.3 Å². The van der Waals surface area contributed by atoms with E-state index in [9.17, 15) is 4.79 Å². The van der Waals surface area contributed by atoms with Gasteiger partial charge in [-0.2, -0.15) is 0 Å². The van der Waals surface area contributed by atoms with Crippen molar-refractivity contribution in [2.75, 3.05) is 5.32 Å². The Morgan fingerprint density at radius 1 is 0.710 bits per heavy atom. The molecular formula is C26H16ClNO3. The molecule has 4 aromatic rings. The first-order valence-electron chi connectivity index (χ1n) is 9.94. The van der Waals surface area contributed by atoms with Crippen molar-refractivity contribution in [1.82, 2.24) is 0 Å². The third-order valence-corrected chi connectivity index (χ3v) is 6.09. The summed E-state index contributed by atoms with van der Waals surface area (Å²) in [7, 11) is 0. The zero-order valence-electron chi connectivity index (χ0n) is 16.3. The van der Waals surface area contributed by atoms with Crippen LogP contribution in [0.1, 0.15) is 27.0 Å². The minimum absolute atomic E-state index is 0.428. The lowest BCUT2D eigenvalue weighted by molar-refractivity contribution is 0.0225. The van der Waals surface area contributed by atoms with Crippen molar-refractivity contribution in [3.8, 4) is 11.5 Å². The van der Waals surface area contributed by atoms with Crippen LogP contribution in [0.15, 0.2) is 91.0 Å². The van der Waals surface area contributed by atoms with E-state index in [4.69, 9.17) is 21.1 Å². The van der Waals surface area contributed by atoms with Crippen LogP contribution in [0, 0.1) is 0 Å². The maximum absolute atomic E-state index is 13.4.